The van der Waals surface area contributed by atoms with Crippen molar-refractivity contribution in [1.29, 1.82) is 0 Å². The molecule has 0 saturated heterocycles. The molecule has 0 radical (unpaired) electrons. The van der Waals surface area contributed by atoms with Crippen LogP contribution in [0.4, 0.5) is 4.79 Å². The summed E-state index contributed by atoms with van der Waals surface area (Å²) in [7, 11) is 0. The number of hydrogen-bond donors (Lipinski definition) is 4. The molecule has 0 aromatic carbocycles. The molecule has 0 aromatic rings. The number of hydrogen-bond acceptors (Lipinski definition) is 3. The van der Waals surface area contributed by atoms with Crippen molar-refractivity contribution in [3.05, 3.63) is 0 Å². The Morgan fingerprint density at radius 2 is 1.65 bits per heavy atom. The molecule has 0 saturated carbocycles. The van der Waals surface area contributed by atoms with E-state index >= 15 is 0 Å². The minimum atomic E-state index is -1.32. The van der Waals surface area contributed by atoms with Gasteiger partial charge in [0, 0.05) is 5.54 Å². The van der Waals surface area contributed by atoms with Gasteiger partial charge in [-0.2, -0.15) is 0 Å². The van der Waals surface area contributed by atoms with Crippen molar-refractivity contribution < 1.29 is 19.5 Å². The van der Waals surface area contributed by atoms with Gasteiger partial charge in [-0.15, -0.1) is 0 Å². The minimum absolute atomic E-state index is 0.0101. The van der Waals surface area contributed by atoms with Crippen molar-refractivity contribution in [2.24, 2.45) is 11.1 Å². The lowest BCUT2D eigenvalue weighted by Gasteiger charge is -2.33. The second kappa shape index (κ2) is 6.58. The molecule has 0 aromatic heterocycles. The van der Waals surface area contributed by atoms with Crippen LogP contribution in [0.1, 0.15) is 47.5 Å². The summed E-state index contributed by atoms with van der Waals surface area (Å²) >= 11 is 0. The van der Waals surface area contributed by atoms with Crippen LogP contribution < -0.4 is 16.4 Å². The Morgan fingerprint density at radius 3 is 2.00 bits per heavy atom. The zero-order chi connectivity index (χ0) is 16.1. The molecule has 0 aliphatic carbocycles. The zero-order valence-electron chi connectivity index (χ0n) is 12.7. The fraction of sp³-hybridized carbons (Fsp3) is 0.769. The second-order valence-electron chi connectivity index (χ2n) is 6.78. The van der Waals surface area contributed by atoms with Crippen LogP contribution in [0, 0.1) is 5.41 Å². The highest BCUT2D eigenvalue weighted by molar-refractivity contribution is 5.87. The van der Waals surface area contributed by atoms with Crippen LogP contribution >= 0.6 is 0 Å². The van der Waals surface area contributed by atoms with Gasteiger partial charge >= 0.3 is 12.0 Å². The van der Waals surface area contributed by atoms with Crippen molar-refractivity contribution in [2.75, 3.05) is 0 Å². The predicted molar refractivity (Wildman–Crippen MR) is 75.1 cm³/mol. The third-order valence-corrected chi connectivity index (χ3v) is 2.43. The van der Waals surface area contributed by atoms with E-state index in [0.717, 1.165) is 0 Å². The largest absolute Gasteiger partial charge is 0.480 e. The van der Waals surface area contributed by atoms with E-state index in [0.29, 0.717) is 6.42 Å². The van der Waals surface area contributed by atoms with Crippen molar-refractivity contribution in [3.8, 4) is 0 Å². The number of carboxylic acids is 1. The van der Waals surface area contributed by atoms with Crippen LogP contribution in [0.5, 0.6) is 0 Å². The molecule has 0 spiro atoms. The second-order valence-corrected chi connectivity index (χ2v) is 6.78. The first-order chi connectivity index (χ1) is 8.82. The number of nitrogens with two attached hydrogens (primary N) is 1. The maximum Gasteiger partial charge on any atom is 0.326 e. The van der Waals surface area contributed by atoms with E-state index in [1.165, 1.54) is 0 Å². The van der Waals surface area contributed by atoms with Crippen molar-refractivity contribution in [1.82, 2.24) is 10.6 Å². The molecule has 3 amide bonds. The first-order valence-corrected chi connectivity index (χ1v) is 6.42. The molecular formula is C13H25N3O4. The lowest BCUT2D eigenvalue weighted by atomic mass is 9.82. The third kappa shape index (κ3) is 8.34. The number of nitrogens with one attached hydrogen (secondary N) is 2. The highest BCUT2D eigenvalue weighted by Crippen LogP contribution is 2.26. The number of primary amides is 1. The predicted octanol–water partition coefficient (Wildman–Crippen LogP) is 0.829. The Kier molecular flexibility index (Phi) is 5.99. The minimum Gasteiger partial charge on any atom is -0.480 e. The van der Waals surface area contributed by atoms with Gasteiger partial charge in [-0.05, 0) is 25.7 Å². The van der Waals surface area contributed by atoms with Gasteiger partial charge in [0.05, 0.1) is 6.42 Å². The number of aliphatic carboxylic acids is 1. The first-order valence-electron chi connectivity index (χ1n) is 6.42. The summed E-state index contributed by atoms with van der Waals surface area (Å²) < 4.78 is 0. The number of carbonyl (C=O) groups is 3. The van der Waals surface area contributed by atoms with E-state index in [2.05, 4.69) is 10.6 Å². The standard InChI is InChI=1S/C13H25N3O4/c1-12(2,3)7-13(4,5)16-11(20)15-8(10(18)19)6-9(14)17/h8H,6-7H2,1-5H3,(H2,14,17)(H,18,19)(H2,15,16,20)/t8-/m0/s1. The van der Waals surface area contributed by atoms with Gasteiger partial charge in [0.15, 0.2) is 0 Å². The number of carbonyl (C=O) groups excluding carboxylic acids is 2. The maximum atomic E-state index is 11.8. The summed E-state index contributed by atoms with van der Waals surface area (Å²) in [6.45, 7) is 9.83. The van der Waals surface area contributed by atoms with E-state index in [9.17, 15) is 14.4 Å². The molecule has 7 heteroatoms. The fourth-order valence-corrected chi connectivity index (χ4v) is 2.27. The zero-order valence-corrected chi connectivity index (χ0v) is 12.7. The summed E-state index contributed by atoms with van der Waals surface area (Å²) in [5.41, 5.74) is 4.45. The van der Waals surface area contributed by atoms with E-state index in [4.69, 9.17) is 10.8 Å². The van der Waals surface area contributed by atoms with Gasteiger partial charge < -0.3 is 21.5 Å². The lowest BCUT2D eigenvalue weighted by molar-refractivity contribution is -0.140. The molecule has 0 unspecified atom stereocenters. The van der Waals surface area contributed by atoms with Crippen LogP contribution in [0.15, 0.2) is 0 Å². The molecular weight excluding hydrogens is 262 g/mol. The Morgan fingerprint density at radius 1 is 1.15 bits per heavy atom. The van der Waals surface area contributed by atoms with Gasteiger partial charge in [0.1, 0.15) is 6.04 Å². The van der Waals surface area contributed by atoms with Crippen molar-refractivity contribution >= 4 is 17.9 Å². The maximum absolute atomic E-state index is 11.8. The quantitative estimate of drug-likeness (QED) is 0.578. The van der Waals surface area contributed by atoms with E-state index in [1.807, 2.05) is 34.6 Å². The third-order valence-electron chi connectivity index (χ3n) is 2.43. The first kappa shape index (κ1) is 18.2. The topological polar surface area (TPSA) is 122 Å². The number of carboxylic acid groups (broad SMARTS) is 1. The monoisotopic (exact) mass is 287 g/mol. The van der Waals surface area contributed by atoms with Crippen LogP contribution in [-0.2, 0) is 9.59 Å². The highest BCUT2D eigenvalue weighted by atomic mass is 16.4. The van der Waals surface area contributed by atoms with Crippen molar-refractivity contribution in [3.63, 3.8) is 0 Å². The molecule has 0 fully saturated rings. The molecule has 0 rings (SSSR count). The Balaban J connectivity index is 4.60. The average Bonchev–Trinajstić information content (AvgIpc) is 2.09. The summed E-state index contributed by atoms with van der Waals surface area (Å²) in [6.07, 6.45) is 0.267. The van der Waals surface area contributed by atoms with Gasteiger partial charge in [-0.1, -0.05) is 20.8 Å². The van der Waals surface area contributed by atoms with Gasteiger partial charge in [-0.3, -0.25) is 4.79 Å². The number of urea groups is 1. The molecule has 0 heterocycles. The summed E-state index contributed by atoms with van der Waals surface area (Å²) in [6, 6.07) is -1.95. The summed E-state index contributed by atoms with van der Waals surface area (Å²) in [4.78, 5) is 33.5. The van der Waals surface area contributed by atoms with E-state index < -0.39 is 35.9 Å². The van der Waals surface area contributed by atoms with Crippen LogP contribution in [0.3, 0.4) is 0 Å². The van der Waals surface area contributed by atoms with Crippen LogP contribution in [0.25, 0.3) is 0 Å². The number of amides is 3. The molecule has 20 heavy (non-hydrogen) atoms. The molecule has 116 valence electrons. The highest BCUT2D eigenvalue weighted by Gasteiger charge is 2.29. The molecule has 5 N–H and O–H groups in total. The SMILES string of the molecule is CC(C)(C)CC(C)(C)NC(=O)N[C@@H](CC(N)=O)C(=O)O. The van der Waals surface area contributed by atoms with Crippen LogP contribution in [0.2, 0.25) is 0 Å². The smallest absolute Gasteiger partial charge is 0.326 e. The molecule has 7 nitrogen and oxygen atoms in total. The Labute approximate surface area is 119 Å². The normalized spacial score (nSPS) is 13.4. The average molecular weight is 287 g/mol. The van der Waals surface area contributed by atoms with E-state index in [1.54, 1.807) is 0 Å². The van der Waals surface area contributed by atoms with Gasteiger partial charge in [0.2, 0.25) is 5.91 Å². The fourth-order valence-electron chi connectivity index (χ4n) is 2.27. The molecule has 0 aliphatic heterocycles. The number of rotatable bonds is 6. The summed E-state index contributed by atoms with van der Waals surface area (Å²) in [5, 5.41) is 13.9. The molecule has 1 atom stereocenters. The van der Waals surface area contributed by atoms with Gasteiger partial charge in [-0.25, -0.2) is 9.59 Å². The van der Waals surface area contributed by atoms with Crippen molar-refractivity contribution in [2.45, 2.75) is 59.0 Å². The van der Waals surface area contributed by atoms with Gasteiger partial charge in [0.25, 0.3) is 0 Å². The lowest BCUT2D eigenvalue weighted by Crippen LogP contribution is -2.54. The van der Waals surface area contributed by atoms with Crippen LogP contribution in [-0.4, -0.2) is 34.6 Å². The van der Waals surface area contributed by atoms with E-state index in [-0.39, 0.29) is 5.41 Å². The molecule has 0 bridgehead atoms. The Bertz CT molecular complexity index is 386. The Hall–Kier alpha value is -1.79. The molecule has 0 aliphatic rings. The summed E-state index contributed by atoms with van der Waals surface area (Å²) in [5.74, 6) is -2.08.